The molecule has 0 aliphatic carbocycles. The van der Waals surface area contributed by atoms with Gasteiger partial charge in [-0.1, -0.05) is 0 Å². The lowest BCUT2D eigenvalue weighted by Crippen LogP contribution is -2.27. The summed E-state index contributed by atoms with van der Waals surface area (Å²) in [5.74, 6) is 0. The van der Waals surface area contributed by atoms with Crippen LogP contribution < -0.4 is 5.32 Å². The second kappa shape index (κ2) is 6.61. The summed E-state index contributed by atoms with van der Waals surface area (Å²) in [4.78, 5) is 10.9. The van der Waals surface area contributed by atoms with Crippen molar-refractivity contribution in [3.63, 3.8) is 0 Å². The van der Waals surface area contributed by atoms with Gasteiger partial charge in [-0.15, -0.1) is 0 Å². The van der Waals surface area contributed by atoms with E-state index in [-0.39, 0.29) is 6.10 Å². The Balaban J connectivity index is 2.28. The molecule has 0 bridgehead atoms. The Morgan fingerprint density at radius 3 is 2.94 bits per heavy atom. The van der Waals surface area contributed by atoms with E-state index >= 15 is 0 Å². The van der Waals surface area contributed by atoms with Gasteiger partial charge in [-0.3, -0.25) is 4.68 Å². The van der Waals surface area contributed by atoms with Crippen LogP contribution in [0.5, 0.6) is 0 Å². The molecule has 0 aliphatic heterocycles. The molecule has 0 aromatic carbocycles. The Bertz CT molecular complexity index is 381. The van der Waals surface area contributed by atoms with Gasteiger partial charge in [0, 0.05) is 20.3 Å². The van der Waals surface area contributed by atoms with Crippen molar-refractivity contribution in [2.75, 3.05) is 13.7 Å². The molecule has 1 heterocycles. The minimum absolute atomic E-state index is 0.294. The van der Waals surface area contributed by atoms with Crippen LogP contribution in [0.25, 0.3) is 0 Å². The van der Waals surface area contributed by atoms with Crippen LogP contribution in [0.4, 0.5) is 4.79 Å². The number of carbonyl (C=O) groups is 1. The highest BCUT2D eigenvalue weighted by Crippen LogP contribution is 2.15. The number of hydrogen-bond acceptors (Lipinski definition) is 4. The largest absolute Gasteiger partial charge is 0.444 e. The van der Waals surface area contributed by atoms with Gasteiger partial charge < -0.3 is 14.8 Å². The van der Waals surface area contributed by atoms with Crippen LogP contribution in [-0.4, -0.2) is 35.6 Å². The molecule has 0 spiro atoms. The summed E-state index contributed by atoms with van der Waals surface area (Å²) in [6.07, 6.45) is 1.10. The lowest BCUT2D eigenvalue weighted by atomic mass is 10.4. The van der Waals surface area contributed by atoms with Crippen molar-refractivity contribution in [3.8, 4) is 0 Å². The van der Waals surface area contributed by atoms with Gasteiger partial charge in [0.2, 0.25) is 0 Å². The van der Waals surface area contributed by atoms with Gasteiger partial charge in [0.25, 0.3) is 0 Å². The normalized spacial score (nSPS) is 12.2. The first-order chi connectivity index (χ1) is 8.02. The summed E-state index contributed by atoms with van der Waals surface area (Å²) in [6, 6.07) is 0. The Morgan fingerprint density at radius 1 is 1.71 bits per heavy atom. The molecular formula is C10H16BrN3O3. The maximum atomic E-state index is 10.9. The van der Waals surface area contributed by atoms with Crippen LogP contribution in [-0.2, 0) is 23.1 Å². The summed E-state index contributed by atoms with van der Waals surface area (Å²) in [6.45, 7) is 2.47. The third-order valence-corrected chi connectivity index (χ3v) is 2.62. The molecular weight excluding hydrogens is 290 g/mol. The van der Waals surface area contributed by atoms with E-state index in [0.29, 0.717) is 13.2 Å². The lowest BCUT2D eigenvalue weighted by Gasteiger charge is -2.12. The molecule has 1 aromatic rings. The maximum absolute atomic E-state index is 10.9. The number of rotatable bonds is 5. The number of amides is 1. The first kappa shape index (κ1) is 14.0. The molecule has 0 fully saturated rings. The van der Waals surface area contributed by atoms with Gasteiger partial charge in [0.15, 0.2) is 0 Å². The summed E-state index contributed by atoms with van der Waals surface area (Å²) >= 11 is 3.38. The first-order valence-electron chi connectivity index (χ1n) is 5.17. The Labute approximate surface area is 108 Å². The van der Waals surface area contributed by atoms with Crippen molar-refractivity contribution >= 4 is 22.0 Å². The number of aryl methyl sites for hydroxylation is 1. The monoisotopic (exact) mass is 305 g/mol. The fraction of sp³-hybridized carbons (Fsp3) is 0.600. The summed E-state index contributed by atoms with van der Waals surface area (Å²) in [5, 5.41) is 6.59. The average molecular weight is 306 g/mol. The molecule has 1 rings (SSSR count). The van der Waals surface area contributed by atoms with E-state index < -0.39 is 6.09 Å². The highest BCUT2D eigenvalue weighted by molar-refractivity contribution is 9.10. The molecule has 1 N–H and O–H groups in total. The molecule has 1 amide bonds. The quantitative estimate of drug-likeness (QED) is 0.894. The fourth-order valence-electron chi connectivity index (χ4n) is 1.20. The minimum atomic E-state index is -0.458. The second-order valence-corrected chi connectivity index (χ2v) is 4.43. The topological polar surface area (TPSA) is 65.4 Å². The number of aromatic nitrogens is 2. The molecule has 7 heteroatoms. The summed E-state index contributed by atoms with van der Waals surface area (Å²) < 4.78 is 13.0. The SMILES string of the molecule is CNC(=O)O[C@H](C)COCc1nn(C)cc1Br. The number of nitrogens with one attached hydrogen (secondary N) is 1. The van der Waals surface area contributed by atoms with Crippen molar-refractivity contribution in [1.29, 1.82) is 0 Å². The van der Waals surface area contributed by atoms with E-state index in [0.717, 1.165) is 10.2 Å². The fourth-order valence-corrected chi connectivity index (χ4v) is 1.69. The molecule has 1 atom stereocenters. The van der Waals surface area contributed by atoms with E-state index in [4.69, 9.17) is 9.47 Å². The van der Waals surface area contributed by atoms with Crippen molar-refractivity contribution < 1.29 is 14.3 Å². The maximum Gasteiger partial charge on any atom is 0.407 e. The molecule has 0 radical (unpaired) electrons. The van der Waals surface area contributed by atoms with Crippen molar-refractivity contribution in [2.45, 2.75) is 19.6 Å². The molecule has 17 heavy (non-hydrogen) atoms. The van der Waals surface area contributed by atoms with Crippen LogP contribution in [0.15, 0.2) is 10.7 Å². The second-order valence-electron chi connectivity index (χ2n) is 3.58. The number of halogens is 1. The van der Waals surface area contributed by atoms with Crippen LogP contribution in [0.1, 0.15) is 12.6 Å². The van der Waals surface area contributed by atoms with Gasteiger partial charge in [0.05, 0.1) is 17.7 Å². The number of hydrogen-bond donors (Lipinski definition) is 1. The highest BCUT2D eigenvalue weighted by Gasteiger charge is 2.09. The molecule has 0 saturated carbocycles. The van der Waals surface area contributed by atoms with Gasteiger partial charge in [0.1, 0.15) is 11.8 Å². The van der Waals surface area contributed by atoms with Gasteiger partial charge in [-0.05, 0) is 22.9 Å². The first-order valence-corrected chi connectivity index (χ1v) is 5.96. The number of carbonyl (C=O) groups excluding carboxylic acids is 1. The van der Waals surface area contributed by atoms with Crippen LogP contribution in [0.3, 0.4) is 0 Å². The third kappa shape index (κ3) is 4.74. The van der Waals surface area contributed by atoms with Gasteiger partial charge in [-0.2, -0.15) is 5.10 Å². The van der Waals surface area contributed by atoms with E-state index in [1.165, 1.54) is 7.05 Å². The molecule has 6 nitrogen and oxygen atoms in total. The third-order valence-electron chi connectivity index (χ3n) is 1.96. The predicted molar refractivity (Wildman–Crippen MR) is 65.6 cm³/mol. The Morgan fingerprint density at radius 2 is 2.41 bits per heavy atom. The molecule has 0 saturated heterocycles. The Kier molecular flexibility index (Phi) is 5.43. The van der Waals surface area contributed by atoms with Crippen molar-refractivity contribution in [2.24, 2.45) is 7.05 Å². The van der Waals surface area contributed by atoms with Crippen molar-refractivity contribution in [3.05, 3.63) is 16.4 Å². The molecule has 0 aliphatic rings. The summed E-state index contributed by atoms with van der Waals surface area (Å²) in [7, 11) is 3.35. The van der Waals surface area contributed by atoms with E-state index in [2.05, 4.69) is 26.3 Å². The molecule has 96 valence electrons. The van der Waals surface area contributed by atoms with E-state index in [1.54, 1.807) is 11.6 Å². The smallest absolute Gasteiger partial charge is 0.407 e. The highest BCUT2D eigenvalue weighted by atomic mass is 79.9. The van der Waals surface area contributed by atoms with Crippen LogP contribution in [0.2, 0.25) is 0 Å². The number of nitrogens with zero attached hydrogens (tertiary/aromatic N) is 2. The number of alkyl carbamates (subject to hydrolysis) is 1. The zero-order valence-electron chi connectivity index (χ0n) is 10.1. The van der Waals surface area contributed by atoms with Crippen molar-refractivity contribution in [1.82, 2.24) is 15.1 Å². The van der Waals surface area contributed by atoms with Crippen LogP contribution in [0, 0.1) is 0 Å². The standard InChI is InChI=1S/C10H16BrN3O3/c1-7(17-10(15)12-2)5-16-6-9-8(11)4-14(3)13-9/h4,7H,5-6H2,1-3H3,(H,12,15)/t7-/m1/s1. The lowest BCUT2D eigenvalue weighted by molar-refractivity contribution is 0.0213. The van der Waals surface area contributed by atoms with Gasteiger partial charge >= 0.3 is 6.09 Å². The average Bonchev–Trinajstić information content (AvgIpc) is 2.57. The molecule has 0 unspecified atom stereocenters. The summed E-state index contributed by atoms with van der Waals surface area (Å²) in [5.41, 5.74) is 0.819. The van der Waals surface area contributed by atoms with E-state index in [9.17, 15) is 4.79 Å². The molecule has 1 aromatic heterocycles. The van der Waals surface area contributed by atoms with E-state index in [1.807, 2.05) is 13.2 Å². The Hall–Kier alpha value is -1.08. The zero-order chi connectivity index (χ0) is 12.8. The van der Waals surface area contributed by atoms with Gasteiger partial charge in [-0.25, -0.2) is 4.79 Å². The predicted octanol–water partition coefficient (Wildman–Crippen LogP) is 1.44. The van der Waals surface area contributed by atoms with Crippen LogP contribution >= 0.6 is 15.9 Å². The minimum Gasteiger partial charge on any atom is -0.444 e. The number of ether oxygens (including phenoxy) is 2. The zero-order valence-corrected chi connectivity index (χ0v) is 11.7.